The molecule has 0 saturated heterocycles. The summed E-state index contributed by atoms with van der Waals surface area (Å²) in [5, 5.41) is 3.45. The van der Waals surface area contributed by atoms with Gasteiger partial charge in [-0.25, -0.2) is 0 Å². The minimum Gasteiger partial charge on any atom is -0.381 e. The summed E-state index contributed by atoms with van der Waals surface area (Å²) in [6.45, 7) is 0. The van der Waals surface area contributed by atoms with Crippen LogP contribution in [0, 0.1) is 0 Å². The molecule has 0 aromatic heterocycles. The van der Waals surface area contributed by atoms with Gasteiger partial charge in [0.25, 0.3) is 0 Å². The summed E-state index contributed by atoms with van der Waals surface area (Å²) >= 11 is 6.95. The molecule has 0 atom stereocenters. The van der Waals surface area contributed by atoms with E-state index in [4.69, 9.17) is 0 Å². The Labute approximate surface area is 88.8 Å². The van der Waals surface area contributed by atoms with Crippen LogP contribution in [-0.2, 0) is 0 Å². The lowest BCUT2D eigenvalue weighted by atomic mass is 10.3. The Morgan fingerprint density at radius 2 is 2.00 bits per heavy atom. The summed E-state index contributed by atoms with van der Waals surface area (Å²) in [7, 11) is 0. The second-order valence-corrected chi connectivity index (χ2v) is 4.81. The SMILES string of the molecule is Brc1ccc(Br)c(NC2CC2)c1. The van der Waals surface area contributed by atoms with Gasteiger partial charge in [-0.05, 0) is 47.0 Å². The Bertz CT molecular complexity index is 295. The first kappa shape index (κ1) is 8.57. The van der Waals surface area contributed by atoms with Crippen molar-refractivity contribution in [3.8, 4) is 0 Å². The van der Waals surface area contributed by atoms with Crippen molar-refractivity contribution >= 4 is 37.5 Å². The van der Waals surface area contributed by atoms with E-state index in [9.17, 15) is 0 Å². The maximum absolute atomic E-state index is 3.50. The van der Waals surface area contributed by atoms with Gasteiger partial charge in [0.15, 0.2) is 0 Å². The molecule has 1 N–H and O–H groups in total. The molecule has 1 aromatic carbocycles. The van der Waals surface area contributed by atoms with E-state index in [0.717, 1.165) is 8.95 Å². The van der Waals surface area contributed by atoms with Crippen LogP contribution in [0.2, 0.25) is 0 Å². The van der Waals surface area contributed by atoms with E-state index in [2.05, 4.69) is 49.3 Å². The maximum Gasteiger partial charge on any atom is 0.0498 e. The lowest BCUT2D eigenvalue weighted by Crippen LogP contribution is -2.00. The Hall–Kier alpha value is -0.0200. The molecule has 0 amide bonds. The van der Waals surface area contributed by atoms with Gasteiger partial charge in [-0.15, -0.1) is 0 Å². The Morgan fingerprint density at radius 1 is 1.25 bits per heavy atom. The number of benzene rings is 1. The van der Waals surface area contributed by atoms with Crippen molar-refractivity contribution in [1.82, 2.24) is 0 Å². The van der Waals surface area contributed by atoms with Crippen LogP contribution in [0.25, 0.3) is 0 Å². The maximum atomic E-state index is 3.50. The number of nitrogens with one attached hydrogen (secondary N) is 1. The highest BCUT2D eigenvalue weighted by Gasteiger charge is 2.21. The van der Waals surface area contributed by atoms with Crippen molar-refractivity contribution < 1.29 is 0 Å². The van der Waals surface area contributed by atoms with Gasteiger partial charge in [0.05, 0.1) is 0 Å². The van der Waals surface area contributed by atoms with E-state index in [1.807, 2.05) is 6.07 Å². The second kappa shape index (κ2) is 3.38. The van der Waals surface area contributed by atoms with Crippen LogP contribution in [0.15, 0.2) is 27.1 Å². The number of anilines is 1. The predicted octanol–water partition coefficient (Wildman–Crippen LogP) is 3.79. The quantitative estimate of drug-likeness (QED) is 0.874. The molecule has 64 valence electrons. The zero-order valence-corrected chi connectivity index (χ0v) is 9.65. The zero-order valence-electron chi connectivity index (χ0n) is 6.48. The highest BCUT2D eigenvalue weighted by Crippen LogP contribution is 2.31. The number of hydrogen-bond donors (Lipinski definition) is 1. The fraction of sp³-hybridized carbons (Fsp3) is 0.333. The van der Waals surface area contributed by atoms with Gasteiger partial charge >= 0.3 is 0 Å². The van der Waals surface area contributed by atoms with Crippen LogP contribution in [0.3, 0.4) is 0 Å². The highest BCUT2D eigenvalue weighted by molar-refractivity contribution is 9.11. The van der Waals surface area contributed by atoms with E-state index in [0.29, 0.717) is 6.04 Å². The van der Waals surface area contributed by atoms with Gasteiger partial charge in [-0.2, -0.15) is 0 Å². The van der Waals surface area contributed by atoms with Crippen LogP contribution in [0.1, 0.15) is 12.8 Å². The molecule has 0 heterocycles. The van der Waals surface area contributed by atoms with Gasteiger partial charge in [-0.1, -0.05) is 15.9 Å². The van der Waals surface area contributed by atoms with Crippen molar-refractivity contribution in [1.29, 1.82) is 0 Å². The molecule has 0 bridgehead atoms. The van der Waals surface area contributed by atoms with E-state index in [1.165, 1.54) is 18.5 Å². The average molecular weight is 291 g/mol. The summed E-state index contributed by atoms with van der Waals surface area (Å²) in [5.41, 5.74) is 1.19. The third-order valence-electron chi connectivity index (χ3n) is 1.87. The molecular formula is C9H9Br2N. The van der Waals surface area contributed by atoms with Crippen LogP contribution in [0.5, 0.6) is 0 Å². The van der Waals surface area contributed by atoms with Crippen LogP contribution < -0.4 is 5.32 Å². The molecule has 1 aromatic rings. The van der Waals surface area contributed by atoms with Crippen molar-refractivity contribution in [2.75, 3.05) is 5.32 Å². The molecule has 1 fully saturated rings. The molecule has 1 nitrogen and oxygen atoms in total. The van der Waals surface area contributed by atoms with Gasteiger partial charge in [0.1, 0.15) is 0 Å². The van der Waals surface area contributed by atoms with Gasteiger partial charge in [0, 0.05) is 20.7 Å². The van der Waals surface area contributed by atoms with Crippen LogP contribution in [-0.4, -0.2) is 6.04 Å². The first-order valence-corrected chi connectivity index (χ1v) is 5.56. The number of rotatable bonds is 2. The molecule has 1 saturated carbocycles. The lowest BCUT2D eigenvalue weighted by Gasteiger charge is -2.06. The predicted molar refractivity (Wildman–Crippen MR) is 58.5 cm³/mol. The summed E-state index contributed by atoms with van der Waals surface area (Å²) in [5.74, 6) is 0. The average Bonchev–Trinajstić information content (AvgIpc) is 2.81. The number of hydrogen-bond acceptors (Lipinski definition) is 1. The third-order valence-corrected chi connectivity index (χ3v) is 3.05. The largest absolute Gasteiger partial charge is 0.381 e. The van der Waals surface area contributed by atoms with Crippen molar-refractivity contribution in [3.63, 3.8) is 0 Å². The van der Waals surface area contributed by atoms with E-state index in [-0.39, 0.29) is 0 Å². The molecular weight excluding hydrogens is 282 g/mol. The minimum absolute atomic E-state index is 0.704. The molecule has 2 rings (SSSR count). The highest BCUT2D eigenvalue weighted by atomic mass is 79.9. The first-order chi connectivity index (χ1) is 5.75. The Morgan fingerprint density at radius 3 is 2.67 bits per heavy atom. The normalized spacial score (nSPS) is 16.2. The fourth-order valence-corrected chi connectivity index (χ4v) is 1.78. The molecule has 12 heavy (non-hydrogen) atoms. The van der Waals surface area contributed by atoms with E-state index < -0.39 is 0 Å². The third kappa shape index (κ3) is 2.02. The van der Waals surface area contributed by atoms with Crippen LogP contribution in [0.4, 0.5) is 5.69 Å². The monoisotopic (exact) mass is 289 g/mol. The molecule has 1 aliphatic rings. The lowest BCUT2D eigenvalue weighted by molar-refractivity contribution is 1.15. The first-order valence-electron chi connectivity index (χ1n) is 3.97. The molecule has 0 unspecified atom stereocenters. The van der Waals surface area contributed by atoms with E-state index in [1.54, 1.807) is 0 Å². The zero-order chi connectivity index (χ0) is 8.55. The topological polar surface area (TPSA) is 12.0 Å². The second-order valence-electron chi connectivity index (χ2n) is 3.04. The summed E-state index contributed by atoms with van der Waals surface area (Å²) in [6, 6.07) is 6.88. The number of halogens is 2. The van der Waals surface area contributed by atoms with Crippen molar-refractivity contribution in [2.45, 2.75) is 18.9 Å². The van der Waals surface area contributed by atoms with Crippen molar-refractivity contribution in [3.05, 3.63) is 27.1 Å². The summed E-state index contributed by atoms with van der Waals surface area (Å²) < 4.78 is 2.26. The van der Waals surface area contributed by atoms with Gasteiger partial charge < -0.3 is 5.32 Å². The summed E-state index contributed by atoms with van der Waals surface area (Å²) in [4.78, 5) is 0. The molecule has 0 radical (unpaired) electrons. The molecule has 0 spiro atoms. The smallest absolute Gasteiger partial charge is 0.0498 e. The summed E-state index contributed by atoms with van der Waals surface area (Å²) in [6.07, 6.45) is 2.61. The minimum atomic E-state index is 0.704. The van der Waals surface area contributed by atoms with Crippen LogP contribution >= 0.6 is 31.9 Å². The Kier molecular flexibility index (Phi) is 2.42. The van der Waals surface area contributed by atoms with Crippen molar-refractivity contribution in [2.24, 2.45) is 0 Å². The van der Waals surface area contributed by atoms with Gasteiger partial charge in [0.2, 0.25) is 0 Å². The Balaban J connectivity index is 2.21. The fourth-order valence-electron chi connectivity index (χ4n) is 1.06. The molecule has 3 heteroatoms. The molecule has 1 aliphatic carbocycles. The standard InChI is InChI=1S/C9H9Br2N/c10-6-1-4-8(11)9(5-6)12-7-2-3-7/h1,4-5,7,12H,2-3H2. The molecule has 0 aliphatic heterocycles. The van der Waals surface area contributed by atoms with E-state index >= 15 is 0 Å². The van der Waals surface area contributed by atoms with Gasteiger partial charge in [-0.3, -0.25) is 0 Å².